The maximum absolute atomic E-state index is 10.9. The summed E-state index contributed by atoms with van der Waals surface area (Å²) in [6, 6.07) is 16.5. The molecule has 0 atom stereocenters. The van der Waals surface area contributed by atoms with Crippen LogP contribution in [0.4, 0.5) is 10.6 Å². The Morgan fingerprint density at radius 3 is 2.50 bits per heavy atom. The number of likely N-dealkylation sites (tertiary alicyclic amines) is 1. The number of hydrogen-bond donors (Lipinski definition) is 3. The van der Waals surface area contributed by atoms with Crippen LogP contribution in [0.3, 0.4) is 0 Å². The summed E-state index contributed by atoms with van der Waals surface area (Å²) in [5, 5.41) is 11.5. The fourth-order valence-electron chi connectivity index (χ4n) is 5.03. The monoisotopic (exact) mass is 483 g/mol. The summed E-state index contributed by atoms with van der Waals surface area (Å²) >= 11 is 0. The molecule has 1 aromatic carbocycles. The number of piperidine rings is 1. The van der Waals surface area contributed by atoms with Crippen LogP contribution >= 0.6 is 0 Å². The molecule has 4 aromatic rings. The number of hydrogen-bond acceptors (Lipinski definition) is 6. The van der Waals surface area contributed by atoms with Gasteiger partial charge in [-0.1, -0.05) is 12.1 Å². The van der Waals surface area contributed by atoms with Crippen LogP contribution in [-0.4, -0.2) is 54.8 Å². The Bertz CT molecular complexity index is 1400. The van der Waals surface area contributed by atoms with Crippen molar-refractivity contribution >= 4 is 23.1 Å². The lowest BCUT2D eigenvalue weighted by atomic mass is 10.0. The van der Waals surface area contributed by atoms with Gasteiger partial charge in [-0.15, -0.1) is 0 Å². The van der Waals surface area contributed by atoms with Crippen LogP contribution in [0.1, 0.15) is 42.9 Å². The number of nitrogens with two attached hydrogens (primary N) is 1. The van der Waals surface area contributed by atoms with Crippen molar-refractivity contribution in [1.29, 1.82) is 0 Å². The molecular formula is C27H29N7O2. The number of nitrogens with one attached hydrogen (secondary N) is 1. The van der Waals surface area contributed by atoms with Crippen LogP contribution in [0.5, 0.6) is 0 Å². The molecule has 2 aliphatic rings. The average molecular weight is 484 g/mol. The van der Waals surface area contributed by atoms with Crippen molar-refractivity contribution in [2.24, 2.45) is 0 Å². The van der Waals surface area contributed by atoms with E-state index in [0.29, 0.717) is 11.7 Å². The molecule has 1 amide bonds. The second kappa shape index (κ2) is 9.23. The first-order chi connectivity index (χ1) is 17.5. The van der Waals surface area contributed by atoms with E-state index < -0.39 is 6.09 Å². The average Bonchev–Trinajstić information content (AvgIpc) is 3.66. The number of pyridine rings is 2. The summed E-state index contributed by atoms with van der Waals surface area (Å²) in [5.74, 6) is 1.72. The zero-order valence-electron chi connectivity index (χ0n) is 20.0. The second-order valence-electron chi connectivity index (χ2n) is 9.73. The van der Waals surface area contributed by atoms with E-state index >= 15 is 0 Å². The fraction of sp³-hybridized carbons (Fsp3) is 0.333. The first-order valence-electron chi connectivity index (χ1n) is 12.5. The van der Waals surface area contributed by atoms with Crippen molar-refractivity contribution in [3.05, 3.63) is 66.0 Å². The van der Waals surface area contributed by atoms with Crippen LogP contribution in [0, 0.1) is 0 Å². The highest BCUT2D eigenvalue weighted by molar-refractivity contribution is 5.83. The predicted molar refractivity (Wildman–Crippen MR) is 138 cm³/mol. The van der Waals surface area contributed by atoms with Gasteiger partial charge in [0.1, 0.15) is 11.3 Å². The number of nitrogen functional groups attached to an aromatic ring is 1. The standard InChI is InChI=1S/C27H29N7O2/c28-24-21(2-1-13-29-24)25-32-23-10-9-22(18-5-6-18)31-26(23)34(25)20-7-3-17(4-8-20)16-33-14-11-19(12-15-33)30-27(35)36/h1-4,7-10,13,18-19,30H,5-6,11-12,14-16H2,(H2,28,29)(H,35,36). The molecule has 1 saturated carbocycles. The second-order valence-corrected chi connectivity index (χ2v) is 9.73. The predicted octanol–water partition coefficient (Wildman–Crippen LogP) is 4.17. The lowest BCUT2D eigenvalue weighted by molar-refractivity contribution is 0.165. The van der Waals surface area contributed by atoms with Gasteiger partial charge >= 0.3 is 6.09 Å². The highest BCUT2D eigenvalue weighted by atomic mass is 16.4. The first-order valence-corrected chi connectivity index (χ1v) is 12.5. The van der Waals surface area contributed by atoms with Crippen molar-refractivity contribution in [3.63, 3.8) is 0 Å². The van der Waals surface area contributed by atoms with Gasteiger partial charge in [-0.2, -0.15) is 0 Å². The number of imidazole rings is 1. The number of fused-ring (bicyclic) bond motifs is 1. The largest absolute Gasteiger partial charge is 0.465 e. The van der Waals surface area contributed by atoms with E-state index in [-0.39, 0.29) is 6.04 Å². The molecule has 0 spiro atoms. The summed E-state index contributed by atoms with van der Waals surface area (Å²) in [6.07, 6.45) is 4.78. The van der Waals surface area contributed by atoms with Gasteiger partial charge in [0, 0.05) is 49.2 Å². The lowest BCUT2D eigenvalue weighted by Crippen LogP contribution is -2.43. The zero-order chi connectivity index (χ0) is 24.6. The van der Waals surface area contributed by atoms with Crippen molar-refractivity contribution in [1.82, 2.24) is 29.7 Å². The number of carboxylic acid groups (broad SMARTS) is 1. The molecule has 1 aliphatic carbocycles. The summed E-state index contributed by atoms with van der Waals surface area (Å²) in [5.41, 5.74) is 12.0. The summed E-state index contributed by atoms with van der Waals surface area (Å²) in [7, 11) is 0. The van der Waals surface area contributed by atoms with Gasteiger partial charge in [-0.05, 0) is 67.6 Å². The molecule has 6 rings (SSSR count). The maximum Gasteiger partial charge on any atom is 0.404 e. The van der Waals surface area contributed by atoms with E-state index in [4.69, 9.17) is 20.8 Å². The topological polar surface area (TPSA) is 122 Å². The molecule has 0 bridgehead atoms. The van der Waals surface area contributed by atoms with Gasteiger partial charge in [0.25, 0.3) is 0 Å². The highest BCUT2D eigenvalue weighted by Gasteiger charge is 2.27. The Morgan fingerprint density at radius 2 is 1.81 bits per heavy atom. The third kappa shape index (κ3) is 4.49. The number of anilines is 1. The van der Waals surface area contributed by atoms with Crippen LogP contribution in [0.15, 0.2) is 54.7 Å². The normalized spacial score (nSPS) is 16.9. The molecule has 36 heavy (non-hydrogen) atoms. The summed E-state index contributed by atoms with van der Waals surface area (Å²) < 4.78 is 2.08. The van der Waals surface area contributed by atoms with Crippen molar-refractivity contribution in [2.45, 2.75) is 44.2 Å². The summed E-state index contributed by atoms with van der Waals surface area (Å²) in [6.45, 7) is 2.57. The van der Waals surface area contributed by atoms with Gasteiger partial charge in [-0.3, -0.25) is 9.47 Å². The zero-order valence-corrected chi connectivity index (χ0v) is 20.0. The van der Waals surface area contributed by atoms with Crippen LogP contribution in [-0.2, 0) is 6.54 Å². The highest BCUT2D eigenvalue weighted by Crippen LogP contribution is 2.40. The quantitative estimate of drug-likeness (QED) is 0.376. The lowest BCUT2D eigenvalue weighted by Gasteiger charge is -2.31. The van der Waals surface area contributed by atoms with Gasteiger partial charge in [0.05, 0.1) is 5.56 Å². The van der Waals surface area contributed by atoms with Gasteiger partial charge in [-0.25, -0.2) is 19.7 Å². The third-order valence-corrected chi connectivity index (χ3v) is 7.12. The van der Waals surface area contributed by atoms with E-state index in [1.165, 1.54) is 18.4 Å². The van der Waals surface area contributed by atoms with Gasteiger partial charge in [0.2, 0.25) is 0 Å². The maximum atomic E-state index is 10.9. The smallest absolute Gasteiger partial charge is 0.404 e. The summed E-state index contributed by atoms with van der Waals surface area (Å²) in [4.78, 5) is 27.5. The Hall–Kier alpha value is -3.98. The molecule has 0 radical (unpaired) electrons. The minimum absolute atomic E-state index is 0.0435. The molecule has 9 heteroatoms. The Labute approximate surface area is 209 Å². The SMILES string of the molecule is Nc1ncccc1-c1nc2ccc(C3CC3)nc2n1-c1ccc(CN2CCC(NC(=O)O)CC2)cc1. The molecule has 1 saturated heterocycles. The number of rotatable bonds is 6. The van der Waals surface area contributed by atoms with Crippen molar-refractivity contribution in [3.8, 4) is 17.1 Å². The van der Waals surface area contributed by atoms with E-state index in [1.807, 2.05) is 12.1 Å². The minimum Gasteiger partial charge on any atom is -0.465 e. The molecule has 4 heterocycles. The molecular weight excluding hydrogens is 454 g/mol. The fourth-order valence-corrected chi connectivity index (χ4v) is 5.03. The van der Waals surface area contributed by atoms with E-state index in [9.17, 15) is 4.79 Å². The van der Waals surface area contributed by atoms with E-state index in [1.54, 1.807) is 6.20 Å². The molecule has 184 valence electrons. The van der Waals surface area contributed by atoms with Gasteiger partial charge < -0.3 is 16.2 Å². The van der Waals surface area contributed by atoms with Crippen molar-refractivity contribution in [2.75, 3.05) is 18.8 Å². The van der Waals surface area contributed by atoms with Crippen LogP contribution < -0.4 is 11.1 Å². The number of amides is 1. The number of nitrogens with zero attached hydrogens (tertiary/aromatic N) is 5. The Balaban J connectivity index is 1.30. The number of benzene rings is 1. The van der Waals surface area contributed by atoms with Crippen LogP contribution in [0.2, 0.25) is 0 Å². The van der Waals surface area contributed by atoms with E-state index in [0.717, 1.165) is 66.4 Å². The number of carbonyl (C=O) groups is 1. The van der Waals surface area contributed by atoms with Crippen molar-refractivity contribution < 1.29 is 9.90 Å². The Kier molecular flexibility index (Phi) is 5.77. The number of aromatic nitrogens is 4. The molecule has 4 N–H and O–H groups in total. The first kappa shape index (κ1) is 22.5. The third-order valence-electron chi connectivity index (χ3n) is 7.12. The molecule has 2 fully saturated rings. The molecule has 3 aromatic heterocycles. The molecule has 0 unspecified atom stereocenters. The van der Waals surface area contributed by atoms with E-state index in [2.05, 4.69) is 56.2 Å². The van der Waals surface area contributed by atoms with Gasteiger partial charge in [0.15, 0.2) is 11.5 Å². The Morgan fingerprint density at radius 1 is 1.03 bits per heavy atom. The molecule has 9 nitrogen and oxygen atoms in total. The minimum atomic E-state index is -0.942. The van der Waals surface area contributed by atoms with Crippen LogP contribution in [0.25, 0.3) is 28.2 Å². The molecule has 1 aliphatic heterocycles.